The molecule has 0 aromatic heterocycles. The topological polar surface area (TPSA) is 61.2 Å². The number of nitrogens with zero attached hydrogens (tertiary/aromatic N) is 1. The average Bonchev–Trinajstić information content (AvgIpc) is 3.05. The van der Waals surface area contributed by atoms with Crippen LogP contribution in [0.25, 0.3) is 0 Å². The molecule has 7 heteroatoms. The Morgan fingerprint density at radius 3 is 2.29 bits per heavy atom. The Hall–Kier alpha value is -3.15. The highest BCUT2D eigenvalue weighted by Gasteiger charge is 2.47. The van der Waals surface area contributed by atoms with Gasteiger partial charge in [-0.2, -0.15) is 0 Å². The molecule has 0 aliphatic carbocycles. The molecule has 2 amide bonds. The Kier molecular flexibility index (Phi) is 6.07. The number of nitrogens with one attached hydrogen (secondary N) is 2. The van der Waals surface area contributed by atoms with Crippen LogP contribution in [0.2, 0.25) is 10.0 Å². The molecule has 5 nitrogen and oxygen atoms in total. The van der Waals surface area contributed by atoms with Crippen molar-refractivity contribution in [1.29, 1.82) is 0 Å². The molecule has 1 heterocycles. The zero-order valence-electron chi connectivity index (χ0n) is 16.7. The molecule has 0 saturated carbocycles. The van der Waals surface area contributed by atoms with Crippen LogP contribution in [0.5, 0.6) is 0 Å². The molecule has 1 saturated heterocycles. The van der Waals surface area contributed by atoms with Crippen molar-refractivity contribution in [2.75, 3.05) is 0 Å². The van der Waals surface area contributed by atoms with Crippen molar-refractivity contribution in [3.05, 3.63) is 105 Å². The predicted molar refractivity (Wildman–Crippen MR) is 122 cm³/mol. The van der Waals surface area contributed by atoms with E-state index in [1.807, 2.05) is 49.5 Å². The van der Waals surface area contributed by atoms with E-state index in [9.17, 15) is 9.59 Å². The molecule has 2 N–H and O–H groups in total. The van der Waals surface area contributed by atoms with Crippen LogP contribution in [-0.2, 0) is 4.79 Å². The molecule has 0 radical (unpaired) electrons. The number of hydrazone groups is 1. The summed E-state index contributed by atoms with van der Waals surface area (Å²) in [7, 11) is 0. The van der Waals surface area contributed by atoms with Crippen LogP contribution in [0.4, 0.5) is 0 Å². The lowest BCUT2D eigenvalue weighted by Gasteiger charge is -2.15. The lowest BCUT2D eigenvalue weighted by molar-refractivity contribution is -0.596. The molecule has 1 fully saturated rings. The summed E-state index contributed by atoms with van der Waals surface area (Å²) in [6.07, 6.45) is 1.81. The lowest BCUT2D eigenvalue weighted by atomic mass is 9.99. The number of hydrazine groups is 1. The molecule has 3 aromatic carbocycles. The normalized spacial score (nSPS) is 19.3. The van der Waals surface area contributed by atoms with E-state index in [0.29, 0.717) is 15.6 Å². The van der Waals surface area contributed by atoms with Gasteiger partial charge in [-0.05, 0) is 55.5 Å². The van der Waals surface area contributed by atoms with Crippen LogP contribution in [0, 0.1) is 6.92 Å². The molecular formula is C24H20Cl2N3O2+. The Labute approximate surface area is 190 Å². The zero-order valence-corrected chi connectivity index (χ0v) is 18.2. The fraction of sp³-hybridized carbons (Fsp3) is 0.125. The monoisotopic (exact) mass is 452 g/mol. The van der Waals surface area contributed by atoms with Crippen LogP contribution in [0.3, 0.4) is 0 Å². The summed E-state index contributed by atoms with van der Waals surface area (Å²) in [5, 5.41) is 4.11. The van der Waals surface area contributed by atoms with Gasteiger partial charge in [0.1, 0.15) is 0 Å². The Morgan fingerprint density at radius 1 is 1.00 bits per heavy atom. The van der Waals surface area contributed by atoms with Gasteiger partial charge in [-0.1, -0.05) is 53.0 Å². The van der Waals surface area contributed by atoms with E-state index in [2.05, 4.69) is 10.7 Å². The second-order valence-corrected chi connectivity index (χ2v) is 8.25. The number of rotatable bonds is 4. The maximum Gasteiger partial charge on any atom is 0.304 e. The molecule has 0 spiro atoms. The maximum absolute atomic E-state index is 12.9. The van der Waals surface area contributed by atoms with Crippen molar-refractivity contribution in [2.24, 2.45) is 0 Å². The fourth-order valence-electron chi connectivity index (χ4n) is 3.56. The summed E-state index contributed by atoms with van der Waals surface area (Å²) in [5.41, 5.74) is 6.02. The quantitative estimate of drug-likeness (QED) is 0.579. The molecule has 2 atom stereocenters. The summed E-state index contributed by atoms with van der Waals surface area (Å²) in [4.78, 5) is 25.8. The van der Waals surface area contributed by atoms with Gasteiger partial charge >= 0.3 is 5.91 Å². The van der Waals surface area contributed by atoms with Gasteiger partial charge in [-0.3, -0.25) is 9.59 Å². The van der Waals surface area contributed by atoms with Gasteiger partial charge in [0.15, 0.2) is 6.04 Å². The minimum absolute atomic E-state index is 0.300. The first-order valence-corrected chi connectivity index (χ1v) is 10.5. The first-order chi connectivity index (χ1) is 14.9. The molecule has 3 aromatic rings. The third-order valence-electron chi connectivity index (χ3n) is 5.07. The number of hydrogen-bond donors (Lipinski definition) is 2. The van der Waals surface area contributed by atoms with E-state index in [0.717, 1.165) is 16.7 Å². The molecule has 0 unspecified atom stereocenters. The van der Waals surface area contributed by atoms with E-state index in [1.54, 1.807) is 41.1 Å². The van der Waals surface area contributed by atoms with E-state index in [1.165, 1.54) is 0 Å². The van der Waals surface area contributed by atoms with E-state index in [4.69, 9.17) is 23.2 Å². The molecular weight excluding hydrogens is 433 g/mol. The number of aryl methyl sites for hydroxylation is 1. The van der Waals surface area contributed by atoms with E-state index >= 15 is 0 Å². The van der Waals surface area contributed by atoms with Crippen molar-refractivity contribution in [3.63, 3.8) is 0 Å². The summed E-state index contributed by atoms with van der Waals surface area (Å²) in [6, 6.07) is 20.5. The van der Waals surface area contributed by atoms with E-state index < -0.39 is 12.1 Å². The highest BCUT2D eigenvalue weighted by molar-refractivity contribution is 6.30. The van der Waals surface area contributed by atoms with Gasteiger partial charge in [0.05, 0.1) is 0 Å². The molecule has 1 aliphatic heterocycles. The first-order valence-electron chi connectivity index (χ1n) is 9.73. The molecule has 31 heavy (non-hydrogen) atoms. The molecule has 156 valence electrons. The smallest absolute Gasteiger partial charge is 0.304 e. The Bertz CT molecular complexity index is 1160. The summed E-state index contributed by atoms with van der Waals surface area (Å²) < 4.78 is 1.70. The van der Waals surface area contributed by atoms with Crippen molar-refractivity contribution in [2.45, 2.75) is 19.0 Å². The number of amides is 2. The van der Waals surface area contributed by atoms with Crippen LogP contribution < -0.4 is 10.7 Å². The van der Waals surface area contributed by atoms with Crippen LogP contribution >= 0.6 is 23.2 Å². The van der Waals surface area contributed by atoms with Crippen LogP contribution in [0.15, 0.2) is 72.8 Å². The van der Waals surface area contributed by atoms with Crippen molar-refractivity contribution in [3.8, 4) is 0 Å². The van der Waals surface area contributed by atoms with Gasteiger partial charge in [0.2, 0.25) is 12.3 Å². The highest BCUT2D eigenvalue weighted by atomic mass is 35.5. The number of halogens is 2. The molecule has 0 bridgehead atoms. The second-order valence-electron chi connectivity index (χ2n) is 7.38. The number of carbonyl (C=O) groups excluding carboxylic acids is 2. The number of carbonyl (C=O) groups is 2. The number of hydrogen-bond acceptors (Lipinski definition) is 2. The van der Waals surface area contributed by atoms with E-state index in [-0.39, 0.29) is 11.8 Å². The summed E-state index contributed by atoms with van der Waals surface area (Å²) >= 11 is 12.0. The number of benzene rings is 3. The van der Waals surface area contributed by atoms with Gasteiger partial charge < -0.3 is 5.32 Å². The van der Waals surface area contributed by atoms with Gasteiger partial charge in [0, 0.05) is 26.7 Å². The average molecular weight is 453 g/mol. The summed E-state index contributed by atoms with van der Waals surface area (Å²) in [5.74, 6) is -0.609. The minimum Gasteiger partial charge on any atom is -0.334 e. The maximum atomic E-state index is 12.9. The van der Waals surface area contributed by atoms with Crippen molar-refractivity contribution >= 4 is 41.2 Å². The lowest BCUT2D eigenvalue weighted by Crippen LogP contribution is -2.42. The Morgan fingerprint density at radius 2 is 1.65 bits per heavy atom. The van der Waals surface area contributed by atoms with Gasteiger partial charge in [-0.15, -0.1) is 10.1 Å². The largest absolute Gasteiger partial charge is 0.334 e. The van der Waals surface area contributed by atoms with Crippen LogP contribution in [-0.4, -0.2) is 28.8 Å². The first kappa shape index (κ1) is 21.1. The Balaban J connectivity index is 1.70. The van der Waals surface area contributed by atoms with Crippen LogP contribution in [0.1, 0.15) is 33.1 Å². The van der Waals surface area contributed by atoms with Gasteiger partial charge in [-0.25, -0.2) is 0 Å². The van der Waals surface area contributed by atoms with Crippen molar-refractivity contribution in [1.82, 2.24) is 10.7 Å². The third-order valence-corrected chi connectivity index (χ3v) is 5.58. The van der Waals surface area contributed by atoms with Crippen molar-refractivity contribution < 1.29 is 14.3 Å². The minimum atomic E-state index is -0.794. The standard InChI is InChI=1S/C24H19Cl2N3O2/c1-15-3-2-4-18(13-15)23(30)27-21-22(17-7-11-20(26)12-8-17)29(28-24(21)31)14-16-5-9-19(25)10-6-16/h2-14,21-22H,1H3,(H-,27,28,30,31)/p+1/b29-14-/t21-,22-/m0/s1. The highest BCUT2D eigenvalue weighted by Crippen LogP contribution is 2.27. The fourth-order valence-corrected chi connectivity index (χ4v) is 3.81. The SMILES string of the molecule is Cc1cccc(C(=O)N[C@@H]2C(=O)N/[N+](=C\c3ccc(Cl)cc3)[C@H]2c2ccc(Cl)cc2)c1. The second kappa shape index (κ2) is 8.92. The molecule has 4 rings (SSSR count). The molecule has 1 aliphatic rings. The predicted octanol–water partition coefficient (Wildman–Crippen LogP) is 4.32. The zero-order chi connectivity index (χ0) is 22.0. The third kappa shape index (κ3) is 4.79. The van der Waals surface area contributed by atoms with Gasteiger partial charge in [0.25, 0.3) is 5.91 Å². The summed E-state index contributed by atoms with van der Waals surface area (Å²) in [6.45, 7) is 1.92.